The number of hydrogen-bond donors (Lipinski definition) is 2. The molecular formula is C26H31FN4O. The second kappa shape index (κ2) is 10.1. The monoisotopic (exact) mass is 434 g/mol. The quantitative estimate of drug-likeness (QED) is 0.714. The summed E-state index contributed by atoms with van der Waals surface area (Å²) in [5.41, 5.74) is 4.41. The molecule has 0 aliphatic carbocycles. The second-order valence-electron chi connectivity index (χ2n) is 8.69. The Morgan fingerprint density at radius 3 is 2.56 bits per heavy atom. The van der Waals surface area contributed by atoms with Crippen molar-refractivity contribution in [1.29, 1.82) is 0 Å². The summed E-state index contributed by atoms with van der Waals surface area (Å²) in [6.07, 6.45) is 6.20. The summed E-state index contributed by atoms with van der Waals surface area (Å²) in [6, 6.07) is 16.1. The predicted molar refractivity (Wildman–Crippen MR) is 126 cm³/mol. The standard InChI is InChI=1S/C26H31FN4O/c1-30(2)25-24(27)16-22(17-28-25)29-26(32)20-11-12-23(19-9-5-3-6-10-19)21(15-20)18-31-13-7-4-8-14-31/h3,5-6,9-12,15-17,25,28H,4,7-8,13-14,18H2,1-2H3,(H,29,32). The second-order valence-corrected chi connectivity index (χ2v) is 8.69. The Bertz CT molecular complexity index is 1010. The Balaban J connectivity index is 1.56. The van der Waals surface area contributed by atoms with Crippen LogP contribution < -0.4 is 10.6 Å². The van der Waals surface area contributed by atoms with E-state index in [1.54, 1.807) is 25.2 Å². The third-order valence-corrected chi connectivity index (χ3v) is 6.02. The maximum Gasteiger partial charge on any atom is 0.255 e. The lowest BCUT2D eigenvalue weighted by molar-refractivity contribution is 0.0966. The lowest BCUT2D eigenvalue weighted by Gasteiger charge is -2.28. The van der Waals surface area contributed by atoms with Gasteiger partial charge in [-0.25, -0.2) is 4.39 Å². The molecule has 2 aromatic carbocycles. The average Bonchev–Trinajstić information content (AvgIpc) is 2.80. The summed E-state index contributed by atoms with van der Waals surface area (Å²) in [5, 5.41) is 5.80. The van der Waals surface area contributed by atoms with Gasteiger partial charge in [0.1, 0.15) is 12.0 Å². The highest BCUT2D eigenvalue weighted by Crippen LogP contribution is 2.27. The minimum absolute atomic E-state index is 0.245. The topological polar surface area (TPSA) is 47.6 Å². The zero-order valence-corrected chi connectivity index (χ0v) is 18.8. The summed E-state index contributed by atoms with van der Waals surface area (Å²) >= 11 is 0. The third-order valence-electron chi connectivity index (χ3n) is 6.02. The molecule has 4 rings (SSSR count). The van der Waals surface area contributed by atoms with Gasteiger partial charge in [-0.1, -0.05) is 42.8 Å². The van der Waals surface area contributed by atoms with Crippen molar-refractivity contribution in [2.24, 2.45) is 0 Å². The molecule has 2 N–H and O–H groups in total. The van der Waals surface area contributed by atoms with E-state index >= 15 is 0 Å². The fourth-order valence-electron chi connectivity index (χ4n) is 4.31. The number of allylic oxidation sites excluding steroid dienone is 1. The molecule has 32 heavy (non-hydrogen) atoms. The van der Waals surface area contributed by atoms with Crippen LogP contribution in [0.25, 0.3) is 11.1 Å². The van der Waals surface area contributed by atoms with Crippen LogP contribution >= 0.6 is 0 Å². The first-order chi connectivity index (χ1) is 15.5. The number of piperidine rings is 1. The van der Waals surface area contributed by atoms with Crippen LogP contribution in [0.15, 0.2) is 72.3 Å². The van der Waals surface area contributed by atoms with Crippen LogP contribution in [-0.4, -0.2) is 49.1 Å². The molecular weight excluding hydrogens is 403 g/mol. The maximum atomic E-state index is 14.3. The zero-order chi connectivity index (χ0) is 22.5. The van der Waals surface area contributed by atoms with E-state index in [4.69, 9.17) is 0 Å². The highest BCUT2D eigenvalue weighted by Gasteiger charge is 2.21. The third kappa shape index (κ3) is 5.26. The Morgan fingerprint density at radius 1 is 1.12 bits per heavy atom. The molecule has 0 radical (unpaired) electrons. The molecule has 1 unspecified atom stereocenters. The Kier molecular flexibility index (Phi) is 7.02. The van der Waals surface area contributed by atoms with Crippen molar-refractivity contribution in [3.63, 3.8) is 0 Å². The summed E-state index contributed by atoms with van der Waals surface area (Å²) in [4.78, 5) is 17.2. The zero-order valence-electron chi connectivity index (χ0n) is 18.8. The minimum atomic E-state index is -0.517. The molecule has 6 heteroatoms. The van der Waals surface area contributed by atoms with Gasteiger partial charge in [0.15, 0.2) is 0 Å². The van der Waals surface area contributed by atoms with Gasteiger partial charge in [0.25, 0.3) is 5.91 Å². The number of rotatable bonds is 6. The lowest BCUT2D eigenvalue weighted by Crippen LogP contribution is -2.42. The van der Waals surface area contributed by atoms with Crippen LogP contribution in [0.2, 0.25) is 0 Å². The van der Waals surface area contributed by atoms with Crippen molar-refractivity contribution < 1.29 is 9.18 Å². The van der Waals surface area contributed by atoms with E-state index in [0.717, 1.165) is 36.3 Å². The molecule has 0 saturated carbocycles. The van der Waals surface area contributed by atoms with Crippen LogP contribution in [0.4, 0.5) is 4.39 Å². The number of amides is 1. The van der Waals surface area contributed by atoms with Gasteiger partial charge in [-0.05, 0) is 74.9 Å². The van der Waals surface area contributed by atoms with Crippen LogP contribution in [0.3, 0.4) is 0 Å². The summed E-state index contributed by atoms with van der Waals surface area (Å²) in [5.74, 6) is -0.581. The van der Waals surface area contributed by atoms with Gasteiger partial charge < -0.3 is 10.6 Å². The molecule has 1 fully saturated rings. The lowest BCUT2D eigenvalue weighted by atomic mass is 9.96. The number of nitrogens with zero attached hydrogens (tertiary/aromatic N) is 2. The highest BCUT2D eigenvalue weighted by atomic mass is 19.1. The largest absolute Gasteiger partial charge is 0.368 e. The van der Waals surface area contributed by atoms with Gasteiger partial charge >= 0.3 is 0 Å². The number of nitrogens with one attached hydrogen (secondary N) is 2. The van der Waals surface area contributed by atoms with Crippen molar-refractivity contribution in [2.45, 2.75) is 32.0 Å². The van der Waals surface area contributed by atoms with Crippen molar-refractivity contribution in [3.8, 4) is 11.1 Å². The normalized spacial score (nSPS) is 19.2. The van der Waals surface area contributed by atoms with Crippen LogP contribution in [0, 0.1) is 0 Å². The minimum Gasteiger partial charge on any atom is -0.368 e. The van der Waals surface area contributed by atoms with Crippen LogP contribution in [0.1, 0.15) is 35.2 Å². The van der Waals surface area contributed by atoms with Crippen LogP contribution in [0.5, 0.6) is 0 Å². The number of hydrogen-bond acceptors (Lipinski definition) is 4. The molecule has 1 atom stereocenters. The first-order valence-electron chi connectivity index (χ1n) is 11.2. The highest BCUT2D eigenvalue weighted by molar-refractivity contribution is 5.96. The van der Waals surface area contributed by atoms with E-state index in [0.29, 0.717) is 11.3 Å². The fourth-order valence-corrected chi connectivity index (χ4v) is 4.31. The van der Waals surface area contributed by atoms with Gasteiger partial charge in [-0.2, -0.15) is 0 Å². The number of benzene rings is 2. The Labute approximate surface area is 189 Å². The van der Waals surface area contributed by atoms with E-state index in [1.807, 2.05) is 36.4 Å². The van der Waals surface area contributed by atoms with E-state index in [2.05, 4.69) is 27.7 Å². The first kappa shape index (κ1) is 22.2. The fraction of sp³-hybridized carbons (Fsp3) is 0.346. The SMILES string of the molecule is CN(C)C1NC=C(NC(=O)c2ccc(-c3ccccc3)c(CN3CCCCC3)c2)C=C1F. The smallest absolute Gasteiger partial charge is 0.255 e. The molecule has 1 saturated heterocycles. The Hall–Kier alpha value is -2.96. The Morgan fingerprint density at radius 2 is 1.88 bits per heavy atom. The molecule has 1 amide bonds. The summed E-state index contributed by atoms with van der Waals surface area (Å²) in [7, 11) is 3.58. The first-order valence-corrected chi connectivity index (χ1v) is 11.2. The van der Waals surface area contributed by atoms with Gasteiger partial charge in [-0.3, -0.25) is 14.6 Å². The van der Waals surface area contributed by atoms with Crippen molar-refractivity contribution in [3.05, 3.63) is 83.5 Å². The number of halogens is 1. The molecule has 0 aromatic heterocycles. The van der Waals surface area contributed by atoms with E-state index < -0.39 is 6.17 Å². The van der Waals surface area contributed by atoms with Crippen molar-refractivity contribution in [1.82, 2.24) is 20.4 Å². The van der Waals surface area contributed by atoms with Crippen molar-refractivity contribution >= 4 is 5.91 Å². The molecule has 168 valence electrons. The predicted octanol–water partition coefficient (Wildman–Crippen LogP) is 4.26. The van der Waals surface area contributed by atoms with E-state index in [1.165, 1.54) is 25.3 Å². The summed E-state index contributed by atoms with van der Waals surface area (Å²) < 4.78 is 14.3. The molecule has 5 nitrogen and oxygen atoms in total. The maximum absolute atomic E-state index is 14.3. The van der Waals surface area contributed by atoms with E-state index in [-0.39, 0.29) is 11.7 Å². The number of dihydropyridines is 1. The van der Waals surface area contributed by atoms with Gasteiger partial charge in [0.2, 0.25) is 0 Å². The van der Waals surface area contributed by atoms with Gasteiger partial charge in [-0.15, -0.1) is 0 Å². The molecule has 0 bridgehead atoms. The molecule has 0 spiro atoms. The molecule has 2 heterocycles. The van der Waals surface area contributed by atoms with Gasteiger partial charge in [0, 0.05) is 18.3 Å². The number of carbonyl (C=O) groups is 1. The molecule has 2 aliphatic heterocycles. The molecule has 2 aromatic rings. The average molecular weight is 435 g/mol. The van der Waals surface area contributed by atoms with Gasteiger partial charge in [0.05, 0.1) is 5.70 Å². The number of likely N-dealkylation sites (N-methyl/N-ethyl adjacent to an activating group) is 1. The number of likely N-dealkylation sites (tertiary alicyclic amines) is 1. The van der Waals surface area contributed by atoms with Crippen LogP contribution in [-0.2, 0) is 6.54 Å². The molecule has 2 aliphatic rings. The van der Waals surface area contributed by atoms with E-state index in [9.17, 15) is 9.18 Å². The summed E-state index contributed by atoms with van der Waals surface area (Å²) in [6.45, 7) is 2.98. The number of carbonyl (C=O) groups excluding carboxylic acids is 1. The van der Waals surface area contributed by atoms with Crippen molar-refractivity contribution in [2.75, 3.05) is 27.2 Å².